The number of likely N-dealkylation sites (tertiary alicyclic amines) is 1. The lowest BCUT2D eigenvalue weighted by atomic mass is 10.0. The van der Waals surface area contributed by atoms with Gasteiger partial charge in [0.2, 0.25) is 0 Å². The molecule has 1 aliphatic heterocycles. The van der Waals surface area contributed by atoms with Crippen LogP contribution in [0.3, 0.4) is 0 Å². The Labute approximate surface area is 98.0 Å². The van der Waals surface area contributed by atoms with Gasteiger partial charge in [0, 0.05) is 12.6 Å². The number of likely N-dealkylation sites (N-methyl/N-ethyl adjacent to an activating group) is 1. The predicted molar refractivity (Wildman–Crippen MR) is 64.5 cm³/mol. The number of carboxylic acid groups (broad SMARTS) is 1. The molecular weight excluding hydrogens is 204 g/mol. The summed E-state index contributed by atoms with van der Waals surface area (Å²) in [6.07, 6.45) is 2.95. The maximum atomic E-state index is 11.1. The standard InChI is InChI=1S/C12H24N2O2/c1-9(2)7-11(12(15)16)13-10-5-4-6-14(3)8-10/h9-11,13H,4-8H2,1-3H3,(H,15,16). The van der Waals surface area contributed by atoms with E-state index in [0.717, 1.165) is 25.9 Å². The van der Waals surface area contributed by atoms with Crippen molar-refractivity contribution in [2.45, 2.75) is 45.2 Å². The second-order valence-corrected chi connectivity index (χ2v) is 5.29. The number of nitrogens with zero attached hydrogens (tertiary/aromatic N) is 1. The average Bonchev–Trinajstić information content (AvgIpc) is 2.15. The van der Waals surface area contributed by atoms with E-state index in [4.69, 9.17) is 5.11 Å². The van der Waals surface area contributed by atoms with Crippen LogP contribution < -0.4 is 5.32 Å². The van der Waals surface area contributed by atoms with Crippen LogP contribution >= 0.6 is 0 Å². The number of piperidine rings is 1. The van der Waals surface area contributed by atoms with E-state index < -0.39 is 12.0 Å². The topological polar surface area (TPSA) is 52.6 Å². The minimum atomic E-state index is -0.720. The fraction of sp³-hybridized carbons (Fsp3) is 0.917. The monoisotopic (exact) mass is 228 g/mol. The molecule has 4 nitrogen and oxygen atoms in total. The lowest BCUT2D eigenvalue weighted by Crippen LogP contribution is -2.50. The van der Waals surface area contributed by atoms with Crippen LogP contribution in [0, 0.1) is 5.92 Å². The van der Waals surface area contributed by atoms with Crippen LogP contribution in [0.1, 0.15) is 33.1 Å². The molecule has 1 aliphatic rings. The number of hydrogen-bond donors (Lipinski definition) is 2. The van der Waals surface area contributed by atoms with Crippen molar-refractivity contribution in [2.24, 2.45) is 5.92 Å². The van der Waals surface area contributed by atoms with E-state index in [1.54, 1.807) is 0 Å². The van der Waals surface area contributed by atoms with Gasteiger partial charge in [-0.25, -0.2) is 0 Å². The van der Waals surface area contributed by atoms with Crippen molar-refractivity contribution in [3.05, 3.63) is 0 Å². The molecule has 2 N–H and O–H groups in total. The third-order valence-electron chi connectivity index (χ3n) is 3.07. The van der Waals surface area contributed by atoms with Gasteiger partial charge in [-0.15, -0.1) is 0 Å². The van der Waals surface area contributed by atoms with Crippen molar-refractivity contribution < 1.29 is 9.90 Å². The van der Waals surface area contributed by atoms with Gasteiger partial charge in [0.25, 0.3) is 0 Å². The fourth-order valence-corrected chi connectivity index (χ4v) is 2.30. The molecule has 0 amide bonds. The summed E-state index contributed by atoms with van der Waals surface area (Å²) in [5.41, 5.74) is 0. The van der Waals surface area contributed by atoms with Gasteiger partial charge < -0.3 is 15.3 Å². The molecule has 94 valence electrons. The van der Waals surface area contributed by atoms with Crippen LogP contribution in [0.5, 0.6) is 0 Å². The van der Waals surface area contributed by atoms with Crippen LogP contribution in [0.15, 0.2) is 0 Å². The molecule has 0 aromatic rings. The quantitative estimate of drug-likeness (QED) is 0.741. The number of aliphatic carboxylic acids is 1. The Morgan fingerprint density at radius 3 is 2.75 bits per heavy atom. The summed E-state index contributed by atoms with van der Waals surface area (Å²) < 4.78 is 0. The van der Waals surface area contributed by atoms with Gasteiger partial charge in [0.1, 0.15) is 6.04 Å². The van der Waals surface area contributed by atoms with Crippen molar-refractivity contribution in [1.82, 2.24) is 10.2 Å². The largest absolute Gasteiger partial charge is 0.480 e. The van der Waals surface area contributed by atoms with Gasteiger partial charge in [-0.3, -0.25) is 4.79 Å². The van der Waals surface area contributed by atoms with Crippen LogP contribution in [0.2, 0.25) is 0 Å². The molecule has 1 heterocycles. The molecule has 16 heavy (non-hydrogen) atoms. The molecular formula is C12H24N2O2. The Bertz CT molecular complexity index is 231. The number of nitrogens with one attached hydrogen (secondary N) is 1. The molecule has 0 aromatic carbocycles. The second kappa shape index (κ2) is 6.21. The Kier molecular flexibility index (Phi) is 5.22. The number of carbonyl (C=O) groups is 1. The SMILES string of the molecule is CC(C)CC(NC1CCCN(C)C1)C(=O)O. The summed E-state index contributed by atoms with van der Waals surface area (Å²) in [6, 6.07) is -0.0601. The first-order chi connectivity index (χ1) is 7.49. The second-order valence-electron chi connectivity index (χ2n) is 5.29. The fourth-order valence-electron chi connectivity index (χ4n) is 2.30. The van der Waals surface area contributed by atoms with E-state index in [9.17, 15) is 4.79 Å². The Morgan fingerprint density at radius 1 is 1.56 bits per heavy atom. The smallest absolute Gasteiger partial charge is 0.320 e. The lowest BCUT2D eigenvalue weighted by molar-refractivity contribution is -0.140. The number of carboxylic acids is 1. The van der Waals surface area contributed by atoms with E-state index in [2.05, 4.69) is 31.1 Å². The van der Waals surface area contributed by atoms with Gasteiger partial charge in [-0.05, 0) is 38.8 Å². The van der Waals surface area contributed by atoms with Gasteiger partial charge in [0.15, 0.2) is 0 Å². The van der Waals surface area contributed by atoms with Crippen LogP contribution in [-0.4, -0.2) is 48.2 Å². The Hall–Kier alpha value is -0.610. The molecule has 1 rings (SSSR count). The van der Waals surface area contributed by atoms with Crippen molar-refractivity contribution in [3.63, 3.8) is 0 Å². The van der Waals surface area contributed by atoms with Gasteiger partial charge in [-0.2, -0.15) is 0 Å². The molecule has 0 aliphatic carbocycles. The summed E-state index contributed by atoms with van der Waals surface area (Å²) in [5, 5.41) is 12.4. The van der Waals surface area contributed by atoms with Crippen molar-refractivity contribution in [1.29, 1.82) is 0 Å². The Balaban J connectivity index is 2.44. The lowest BCUT2D eigenvalue weighted by Gasteiger charge is -2.32. The van der Waals surface area contributed by atoms with Crippen molar-refractivity contribution in [2.75, 3.05) is 20.1 Å². The number of rotatable bonds is 5. The van der Waals surface area contributed by atoms with Crippen LogP contribution in [-0.2, 0) is 4.79 Å². The molecule has 1 saturated heterocycles. The summed E-state index contributed by atoms with van der Waals surface area (Å²) in [5.74, 6) is -0.308. The molecule has 2 unspecified atom stereocenters. The highest BCUT2D eigenvalue weighted by Gasteiger charge is 2.24. The molecule has 1 fully saturated rings. The van der Waals surface area contributed by atoms with Gasteiger partial charge in [0.05, 0.1) is 0 Å². The zero-order valence-corrected chi connectivity index (χ0v) is 10.6. The summed E-state index contributed by atoms with van der Waals surface area (Å²) >= 11 is 0. The van der Waals surface area contributed by atoms with E-state index in [-0.39, 0.29) is 0 Å². The van der Waals surface area contributed by atoms with E-state index in [1.165, 1.54) is 0 Å². The third-order valence-corrected chi connectivity index (χ3v) is 3.07. The zero-order valence-electron chi connectivity index (χ0n) is 10.6. The molecule has 0 spiro atoms. The average molecular weight is 228 g/mol. The number of hydrogen-bond acceptors (Lipinski definition) is 3. The van der Waals surface area contributed by atoms with Crippen LogP contribution in [0.25, 0.3) is 0 Å². The highest BCUT2D eigenvalue weighted by Crippen LogP contribution is 2.11. The van der Waals surface area contributed by atoms with Gasteiger partial charge in [-0.1, -0.05) is 13.8 Å². The minimum Gasteiger partial charge on any atom is -0.480 e. The van der Waals surface area contributed by atoms with Gasteiger partial charge >= 0.3 is 5.97 Å². The first-order valence-corrected chi connectivity index (χ1v) is 6.16. The van der Waals surface area contributed by atoms with E-state index in [0.29, 0.717) is 18.4 Å². The van der Waals surface area contributed by atoms with E-state index in [1.807, 2.05) is 0 Å². The summed E-state index contributed by atoms with van der Waals surface area (Å²) in [6.45, 7) is 6.21. The van der Waals surface area contributed by atoms with Crippen molar-refractivity contribution >= 4 is 5.97 Å². The molecule has 0 aromatic heterocycles. The third kappa shape index (κ3) is 4.49. The normalized spacial score (nSPS) is 24.6. The first-order valence-electron chi connectivity index (χ1n) is 6.16. The molecule has 4 heteroatoms. The highest BCUT2D eigenvalue weighted by atomic mass is 16.4. The maximum Gasteiger partial charge on any atom is 0.320 e. The molecule has 0 bridgehead atoms. The minimum absolute atomic E-state index is 0.332. The van der Waals surface area contributed by atoms with Crippen molar-refractivity contribution in [3.8, 4) is 0 Å². The van der Waals surface area contributed by atoms with Crippen LogP contribution in [0.4, 0.5) is 0 Å². The molecule has 0 radical (unpaired) electrons. The highest BCUT2D eigenvalue weighted by molar-refractivity contribution is 5.73. The molecule has 2 atom stereocenters. The Morgan fingerprint density at radius 2 is 2.25 bits per heavy atom. The van der Waals surface area contributed by atoms with E-state index >= 15 is 0 Å². The maximum absolute atomic E-state index is 11.1. The zero-order chi connectivity index (χ0) is 12.1. The summed E-state index contributed by atoms with van der Waals surface area (Å²) in [7, 11) is 2.09. The summed E-state index contributed by atoms with van der Waals surface area (Å²) in [4.78, 5) is 13.4. The predicted octanol–water partition coefficient (Wildman–Crippen LogP) is 1.17. The first kappa shape index (κ1) is 13.5. The molecule has 0 saturated carbocycles.